The van der Waals surface area contributed by atoms with Gasteiger partial charge in [0.05, 0.1) is 6.61 Å². The number of rotatable bonds is 1. The van der Waals surface area contributed by atoms with Crippen molar-refractivity contribution in [2.24, 2.45) is 0 Å². The summed E-state index contributed by atoms with van der Waals surface area (Å²) in [6.07, 6.45) is 1.65. The Bertz CT molecular complexity index is 427. The summed E-state index contributed by atoms with van der Waals surface area (Å²) in [5, 5.41) is 0. The van der Waals surface area contributed by atoms with Crippen LogP contribution >= 0.6 is 0 Å². The first-order chi connectivity index (χ1) is 7.13. The maximum atomic E-state index is 11.0. The van der Waals surface area contributed by atoms with Crippen molar-refractivity contribution >= 4 is 5.97 Å². The van der Waals surface area contributed by atoms with E-state index >= 15 is 0 Å². The lowest BCUT2D eigenvalue weighted by Crippen LogP contribution is -1.99. The van der Waals surface area contributed by atoms with Crippen LogP contribution in [0.25, 0.3) is 0 Å². The van der Waals surface area contributed by atoms with E-state index in [0.29, 0.717) is 6.61 Å². The molecule has 0 N–H and O–H groups in total. The van der Waals surface area contributed by atoms with E-state index in [1.165, 1.54) is 0 Å². The standard InChI is InChI=1S/C12H13NO2/c1-4-15-12(14)6-5-11-7-9(2)10(3)13-8-11/h7-8H,4H2,1-3H3. The summed E-state index contributed by atoms with van der Waals surface area (Å²) >= 11 is 0. The first-order valence-corrected chi connectivity index (χ1v) is 4.75. The van der Waals surface area contributed by atoms with Gasteiger partial charge in [0.15, 0.2) is 0 Å². The summed E-state index contributed by atoms with van der Waals surface area (Å²) in [5.41, 5.74) is 2.76. The number of carbonyl (C=O) groups is 1. The highest BCUT2D eigenvalue weighted by Crippen LogP contribution is 2.04. The fourth-order valence-corrected chi connectivity index (χ4v) is 1.00. The topological polar surface area (TPSA) is 39.2 Å². The summed E-state index contributed by atoms with van der Waals surface area (Å²) in [7, 11) is 0. The third-order valence-corrected chi connectivity index (χ3v) is 1.92. The summed E-state index contributed by atoms with van der Waals surface area (Å²) in [5.74, 6) is 4.60. The maximum absolute atomic E-state index is 11.0. The van der Waals surface area contributed by atoms with E-state index in [1.54, 1.807) is 13.1 Å². The highest BCUT2D eigenvalue weighted by atomic mass is 16.5. The van der Waals surface area contributed by atoms with Crippen LogP contribution in [-0.4, -0.2) is 17.6 Å². The van der Waals surface area contributed by atoms with Crippen molar-refractivity contribution < 1.29 is 9.53 Å². The van der Waals surface area contributed by atoms with Gasteiger partial charge in [0.1, 0.15) is 0 Å². The van der Waals surface area contributed by atoms with Crippen LogP contribution in [0.4, 0.5) is 0 Å². The molecule has 0 aliphatic rings. The predicted molar refractivity (Wildman–Crippen MR) is 57.2 cm³/mol. The van der Waals surface area contributed by atoms with Crippen LogP contribution in [0.5, 0.6) is 0 Å². The zero-order valence-electron chi connectivity index (χ0n) is 9.13. The number of hydrogen-bond donors (Lipinski definition) is 0. The van der Waals surface area contributed by atoms with Crippen molar-refractivity contribution in [3.8, 4) is 11.8 Å². The van der Waals surface area contributed by atoms with E-state index in [-0.39, 0.29) is 0 Å². The van der Waals surface area contributed by atoms with E-state index in [0.717, 1.165) is 16.8 Å². The molecule has 0 saturated heterocycles. The van der Waals surface area contributed by atoms with Crippen molar-refractivity contribution in [3.63, 3.8) is 0 Å². The van der Waals surface area contributed by atoms with Crippen molar-refractivity contribution in [1.82, 2.24) is 4.98 Å². The molecule has 0 saturated carbocycles. The Morgan fingerprint density at radius 2 is 2.27 bits per heavy atom. The third kappa shape index (κ3) is 3.43. The van der Waals surface area contributed by atoms with Gasteiger partial charge in [-0.1, -0.05) is 5.92 Å². The molecule has 1 heterocycles. The number of hydrogen-bond acceptors (Lipinski definition) is 3. The number of esters is 1. The normalized spacial score (nSPS) is 9.00. The Labute approximate surface area is 89.5 Å². The van der Waals surface area contributed by atoms with Gasteiger partial charge < -0.3 is 4.74 Å². The minimum absolute atomic E-state index is 0.346. The van der Waals surface area contributed by atoms with Gasteiger partial charge in [0.2, 0.25) is 0 Å². The van der Waals surface area contributed by atoms with Gasteiger partial charge in [0, 0.05) is 23.4 Å². The highest BCUT2D eigenvalue weighted by Gasteiger charge is 1.96. The number of aryl methyl sites for hydroxylation is 2. The van der Waals surface area contributed by atoms with Crippen molar-refractivity contribution in [2.45, 2.75) is 20.8 Å². The molecule has 3 heteroatoms. The van der Waals surface area contributed by atoms with Gasteiger partial charge in [-0.2, -0.15) is 0 Å². The average molecular weight is 203 g/mol. The van der Waals surface area contributed by atoms with E-state index in [9.17, 15) is 4.79 Å². The van der Waals surface area contributed by atoms with Crippen LogP contribution < -0.4 is 0 Å². The second-order valence-electron chi connectivity index (χ2n) is 3.10. The average Bonchev–Trinajstić information content (AvgIpc) is 2.20. The molecule has 1 aromatic rings. The lowest BCUT2D eigenvalue weighted by atomic mass is 10.2. The number of nitrogens with zero attached hydrogens (tertiary/aromatic N) is 1. The van der Waals surface area contributed by atoms with Crippen LogP contribution in [0.15, 0.2) is 12.3 Å². The van der Waals surface area contributed by atoms with E-state index < -0.39 is 5.97 Å². The molecule has 0 aliphatic heterocycles. The number of ether oxygens (including phenoxy) is 1. The van der Waals surface area contributed by atoms with Gasteiger partial charge in [-0.3, -0.25) is 4.98 Å². The molecule has 78 valence electrons. The molecular weight excluding hydrogens is 190 g/mol. The van der Waals surface area contributed by atoms with Gasteiger partial charge in [-0.15, -0.1) is 0 Å². The SMILES string of the molecule is CCOC(=O)C#Cc1cnc(C)c(C)c1. The molecule has 3 nitrogen and oxygen atoms in total. The lowest BCUT2D eigenvalue weighted by Gasteiger charge is -1.97. The molecule has 1 rings (SSSR count). The Morgan fingerprint density at radius 3 is 2.87 bits per heavy atom. The van der Waals surface area contributed by atoms with Gasteiger partial charge in [-0.05, 0) is 32.4 Å². The van der Waals surface area contributed by atoms with Crippen molar-refractivity contribution in [2.75, 3.05) is 6.61 Å². The Hall–Kier alpha value is -1.82. The number of aromatic nitrogens is 1. The van der Waals surface area contributed by atoms with Gasteiger partial charge in [-0.25, -0.2) is 4.79 Å². The molecule has 0 fully saturated rings. The number of pyridine rings is 1. The fraction of sp³-hybridized carbons (Fsp3) is 0.333. The van der Waals surface area contributed by atoms with Crippen LogP contribution in [0.1, 0.15) is 23.7 Å². The summed E-state index contributed by atoms with van der Waals surface area (Å²) in [6.45, 7) is 5.98. The van der Waals surface area contributed by atoms with Crippen LogP contribution in [0, 0.1) is 25.7 Å². The van der Waals surface area contributed by atoms with Crippen LogP contribution in [-0.2, 0) is 9.53 Å². The highest BCUT2D eigenvalue weighted by molar-refractivity contribution is 5.89. The summed E-state index contributed by atoms with van der Waals surface area (Å²) in [4.78, 5) is 15.1. The molecule has 0 amide bonds. The molecule has 0 aliphatic carbocycles. The quantitative estimate of drug-likeness (QED) is 0.514. The Balaban J connectivity index is 2.80. The molecular formula is C12H13NO2. The molecule has 15 heavy (non-hydrogen) atoms. The minimum atomic E-state index is -0.504. The van der Waals surface area contributed by atoms with E-state index in [2.05, 4.69) is 21.6 Å². The van der Waals surface area contributed by atoms with Gasteiger partial charge in [0.25, 0.3) is 0 Å². The third-order valence-electron chi connectivity index (χ3n) is 1.92. The van der Waals surface area contributed by atoms with Gasteiger partial charge >= 0.3 is 5.97 Å². The van der Waals surface area contributed by atoms with E-state index in [1.807, 2.05) is 19.9 Å². The van der Waals surface area contributed by atoms with Crippen molar-refractivity contribution in [1.29, 1.82) is 0 Å². The zero-order valence-corrected chi connectivity index (χ0v) is 9.13. The fourth-order valence-electron chi connectivity index (χ4n) is 1.00. The van der Waals surface area contributed by atoms with Crippen LogP contribution in [0.2, 0.25) is 0 Å². The minimum Gasteiger partial charge on any atom is -0.456 e. The molecule has 0 atom stereocenters. The molecule has 0 aromatic carbocycles. The van der Waals surface area contributed by atoms with E-state index in [4.69, 9.17) is 0 Å². The Morgan fingerprint density at radius 1 is 1.53 bits per heavy atom. The molecule has 0 spiro atoms. The Kier molecular flexibility index (Phi) is 3.87. The first-order valence-electron chi connectivity index (χ1n) is 4.75. The second kappa shape index (κ2) is 5.16. The number of carbonyl (C=O) groups excluding carboxylic acids is 1. The monoisotopic (exact) mass is 203 g/mol. The summed E-state index contributed by atoms with van der Waals surface area (Å²) < 4.78 is 4.68. The molecule has 0 bridgehead atoms. The largest absolute Gasteiger partial charge is 0.456 e. The van der Waals surface area contributed by atoms with Crippen LogP contribution in [0.3, 0.4) is 0 Å². The summed E-state index contributed by atoms with van der Waals surface area (Å²) in [6, 6.07) is 1.90. The predicted octanol–water partition coefficient (Wildman–Crippen LogP) is 1.61. The smallest absolute Gasteiger partial charge is 0.384 e. The second-order valence-corrected chi connectivity index (χ2v) is 3.10. The molecule has 0 radical (unpaired) electrons. The lowest BCUT2D eigenvalue weighted by molar-refractivity contribution is -0.136. The molecule has 1 aromatic heterocycles. The maximum Gasteiger partial charge on any atom is 0.384 e. The molecule has 0 unspecified atom stereocenters. The zero-order chi connectivity index (χ0) is 11.3. The first kappa shape index (κ1) is 11.3. The van der Waals surface area contributed by atoms with Crippen molar-refractivity contribution in [3.05, 3.63) is 29.1 Å².